The summed E-state index contributed by atoms with van der Waals surface area (Å²) >= 11 is 0. The number of methoxy groups -OCH3 is 2. The Morgan fingerprint density at radius 3 is 1.47 bits per heavy atom. The maximum atomic E-state index is 16.9. The largest absolute Gasteiger partial charge is 0.383 e. The zero-order chi connectivity index (χ0) is 43.5. The fourth-order valence-electron chi connectivity index (χ4n) is 9.55. The average Bonchev–Trinajstić information content (AvgIpc) is 4.13. The number of aromatic amines is 2. The summed E-state index contributed by atoms with van der Waals surface area (Å²) in [7, 11) is 3.15. The first-order valence-corrected chi connectivity index (χ1v) is 21.3. The van der Waals surface area contributed by atoms with E-state index in [0.29, 0.717) is 48.2 Å². The van der Waals surface area contributed by atoms with Crippen LogP contribution in [0.3, 0.4) is 0 Å². The normalized spacial score (nSPS) is 22.6. The second-order valence-corrected chi connectivity index (χ2v) is 16.2. The highest BCUT2D eigenvalue weighted by Gasteiger charge is 2.54. The number of ketones is 3. The van der Waals surface area contributed by atoms with E-state index in [1.54, 1.807) is 64.5 Å². The predicted octanol–water partition coefficient (Wildman–Crippen LogP) is 4.08. The van der Waals surface area contributed by atoms with E-state index < -0.39 is 29.5 Å². The van der Waals surface area contributed by atoms with Gasteiger partial charge < -0.3 is 20.1 Å². The van der Waals surface area contributed by atoms with Gasteiger partial charge in [-0.3, -0.25) is 34.6 Å². The van der Waals surface area contributed by atoms with Crippen molar-refractivity contribution in [3.05, 3.63) is 118 Å². The summed E-state index contributed by atoms with van der Waals surface area (Å²) in [6.45, 7) is 6.56. The van der Waals surface area contributed by atoms with Gasteiger partial charge in [0, 0.05) is 63.9 Å². The highest BCUT2D eigenvalue weighted by Crippen LogP contribution is 2.47. The van der Waals surface area contributed by atoms with Crippen LogP contribution >= 0.6 is 0 Å². The zero-order valence-corrected chi connectivity index (χ0v) is 35.5. The first kappa shape index (κ1) is 43.2. The lowest BCUT2D eigenvalue weighted by molar-refractivity contribution is -0.123. The van der Waals surface area contributed by atoms with Crippen molar-refractivity contribution in [1.82, 2.24) is 51.1 Å². The molecule has 62 heavy (non-hydrogen) atoms. The van der Waals surface area contributed by atoms with E-state index in [1.807, 2.05) is 20.0 Å². The van der Waals surface area contributed by atoms with Crippen molar-refractivity contribution < 1.29 is 32.6 Å². The summed E-state index contributed by atoms with van der Waals surface area (Å²) in [5.41, 5.74) is 2.65. The molecule has 15 nitrogen and oxygen atoms in total. The topological polar surface area (TPSA) is 164 Å². The summed E-state index contributed by atoms with van der Waals surface area (Å²) < 4.78 is 43.2. The quantitative estimate of drug-likeness (QED) is 0.119. The lowest BCUT2D eigenvalue weighted by Gasteiger charge is -2.44. The minimum Gasteiger partial charge on any atom is -0.383 e. The molecule has 328 valence electrons. The molecule has 4 aliphatic rings. The molecule has 6 heterocycles. The number of hydrogen-bond donors (Lipinski definition) is 4. The van der Waals surface area contributed by atoms with Crippen molar-refractivity contribution in [3.63, 3.8) is 0 Å². The molecular weight excluding hydrogens is 799 g/mol. The average molecular weight is 853 g/mol. The molecule has 0 aliphatic carbocycles. The number of nitrogens with zero attached hydrogens (tertiary/aromatic N) is 6. The van der Waals surface area contributed by atoms with E-state index in [9.17, 15) is 0 Å². The van der Waals surface area contributed by atoms with Crippen LogP contribution in [0, 0.1) is 25.5 Å². The van der Waals surface area contributed by atoms with Crippen molar-refractivity contribution in [2.75, 3.05) is 66.7 Å². The van der Waals surface area contributed by atoms with E-state index in [4.69, 9.17) is 9.47 Å². The van der Waals surface area contributed by atoms with Gasteiger partial charge in [0.15, 0.2) is 0 Å². The number of rotatable bonds is 16. The lowest BCUT2D eigenvalue weighted by Crippen LogP contribution is -2.57. The number of halogens is 2. The van der Waals surface area contributed by atoms with E-state index >= 15 is 23.2 Å². The molecule has 0 radical (unpaired) electrons. The first-order chi connectivity index (χ1) is 30.2. The Morgan fingerprint density at radius 1 is 0.677 bits per heavy atom. The van der Waals surface area contributed by atoms with Gasteiger partial charge in [0.2, 0.25) is 17.3 Å². The number of ether oxygens (including phenoxy) is 2. The Morgan fingerprint density at radius 2 is 1.11 bits per heavy atom. The zero-order valence-electron chi connectivity index (χ0n) is 35.5. The van der Waals surface area contributed by atoms with Gasteiger partial charge >= 0.3 is 0 Å². The van der Waals surface area contributed by atoms with Crippen LogP contribution in [-0.4, -0.2) is 149 Å². The van der Waals surface area contributed by atoms with Gasteiger partial charge in [0.25, 0.3) is 0 Å². The third kappa shape index (κ3) is 7.93. The van der Waals surface area contributed by atoms with Crippen molar-refractivity contribution >= 4 is 28.5 Å². The molecule has 4 N–H and O–H groups in total. The van der Waals surface area contributed by atoms with Crippen LogP contribution in [0.15, 0.2) is 72.3 Å². The fraction of sp³-hybridized carbons (Fsp3) is 0.444. The number of Topliss-reactive ketones (excluding diaryl/α,β-unsaturated/α-hetero) is 3. The maximum Gasteiger partial charge on any atom is 0.228 e. The molecule has 0 amide bonds. The predicted molar refractivity (Wildman–Crippen MR) is 227 cm³/mol. The van der Waals surface area contributed by atoms with Crippen molar-refractivity contribution in [3.8, 4) is 0 Å². The maximum absolute atomic E-state index is 16.9. The smallest absolute Gasteiger partial charge is 0.228 e. The summed E-state index contributed by atoms with van der Waals surface area (Å²) in [6, 6.07) is 9.59. The number of nitrogens with one attached hydrogen (secondary N) is 4. The van der Waals surface area contributed by atoms with Gasteiger partial charge in [-0.15, -0.1) is 0 Å². The Kier molecular flexibility index (Phi) is 13.2. The summed E-state index contributed by atoms with van der Waals surface area (Å²) in [4.78, 5) is 47.1. The molecule has 0 spiro atoms. The van der Waals surface area contributed by atoms with Gasteiger partial charge in [-0.2, -0.15) is 10.2 Å². The van der Waals surface area contributed by atoms with Gasteiger partial charge in [0.1, 0.15) is 46.5 Å². The van der Waals surface area contributed by atoms with E-state index in [-0.39, 0.29) is 83.9 Å². The number of carbonyl (C=O) groups is 3. The SMILES string of the molecule is COCCN1C(C(=O)c2ccn[nH]2)C(c2cccc(F)c2C)=C(C(=O)C2=C(c3cccc(F)c3C)C(C(=O)c3ccn[nH]3)N(CCOC)N2C2CCCNC2)N1C1CCCNC1. The van der Waals surface area contributed by atoms with Crippen LogP contribution < -0.4 is 10.6 Å². The molecule has 4 unspecified atom stereocenters. The van der Waals surface area contributed by atoms with Crippen LogP contribution in [0.2, 0.25) is 0 Å². The highest BCUT2D eigenvalue weighted by atomic mass is 19.1. The highest BCUT2D eigenvalue weighted by molar-refractivity contribution is 6.22. The second-order valence-electron chi connectivity index (χ2n) is 16.2. The first-order valence-electron chi connectivity index (χ1n) is 21.3. The van der Waals surface area contributed by atoms with Crippen LogP contribution in [0.5, 0.6) is 0 Å². The van der Waals surface area contributed by atoms with Gasteiger partial charge in [-0.25, -0.2) is 18.8 Å². The molecule has 2 fully saturated rings. The number of hydrazine groups is 2. The minimum absolute atomic E-state index is 0.165. The Balaban J connectivity index is 1.49. The molecule has 4 aliphatic heterocycles. The molecule has 17 heteroatoms. The molecule has 4 aromatic rings. The Hall–Kier alpha value is -5.43. The van der Waals surface area contributed by atoms with E-state index in [2.05, 4.69) is 31.0 Å². The third-order valence-electron chi connectivity index (χ3n) is 12.5. The fourth-order valence-corrected chi connectivity index (χ4v) is 9.55. The number of piperidine rings is 2. The molecule has 2 aromatic heterocycles. The number of benzene rings is 2. The second kappa shape index (κ2) is 18.9. The minimum atomic E-state index is -1.13. The van der Waals surface area contributed by atoms with Gasteiger partial charge in [-0.05, 0) is 99.1 Å². The molecular formula is C45H54F2N10O5. The Labute approximate surface area is 359 Å². The Bertz CT molecular complexity index is 2160. The van der Waals surface area contributed by atoms with Crippen molar-refractivity contribution in [2.24, 2.45) is 0 Å². The van der Waals surface area contributed by atoms with Crippen LogP contribution in [0.4, 0.5) is 8.78 Å². The molecule has 0 bridgehead atoms. The van der Waals surface area contributed by atoms with Crippen molar-refractivity contribution in [1.29, 1.82) is 0 Å². The number of hydrogen-bond acceptors (Lipinski definition) is 13. The number of aromatic nitrogens is 4. The van der Waals surface area contributed by atoms with Crippen LogP contribution in [0.1, 0.15) is 68.9 Å². The van der Waals surface area contributed by atoms with E-state index in [1.165, 1.54) is 24.5 Å². The number of carbonyl (C=O) groups excluding carboxylic acids is 3. The molecule has 2 saturated heterocycles. The standard InChI is InChI=1S/C45H54F2N10O5/c1-27-31(11-5-13-33(27)46)37-39(43(58)35-15-19-50-52-35)54(21-23-61-3)56(29-9-7-17-48-25-29)41(37)45(60)42-38(32-12-6-14-34(47)28(32)2)40(44(59)36-16-20-51-53-36)55(22-24-62-4)57(42)30-10-8-18-49-26-30/h5-6,11-16,19-20,29-30,39-40,48-49H,7-10,17-18,21-26H2,1-4H3,(H,50,52)(H,51,53). The molecule has 0 saturated carbocycles. The summed E-state index contributed by atoms with van der Waals surface area (Å²) in [5.74, 6) is -2.26. The molecule has 2 aromatic carbocycles. The summed E-state index contributed by atoms with van der Waals surface area (Å²) in [6.07, 6.45) is 5.89. The number of H-pyrrole nitrogens is 2. The third-order valence-corrected chi connectivity index (χ3v) is 12.5. The van der Waals surface area contributed by atoms with Gasteiger partial charge in [-0.1, -0.05) is 24.3 Å². The molecule has 4 atom stereocenters. The van der Waals surface area contributed by atoms with Crippen LogP contribution in [-0.2, 0) is 14.3 Å². The van der Waals surface area contributed by atoms with Crippen molar-refractivity contribution in [2.45, 2.75) is 63.7 Å². The molecule has 8 rings (SSSR count). The summed E-state index contributed by atoms with van der Waals surface area (Å²) in [5, 5.41) is 28.5. The van der Waals surface area contributed by atoms with Crippen LogP contribution in [0.25, 0.3) is 11.1 Å². The van der Waals surface area contributed by atoms with E-state index in [0.717, 1.165) is 25.9 Å². The lowest BCUT2D eigenvalue weighted by atomic mass is 9.86. The van der Waals surface area contributed by atoms with Gasteiger partial charge in [0.05, 0.1) is 25.3 Å². The monoisotopic (exact) mass is 852 g/mol.